The minimum atomic E-state index is -2.89. The van der Waals surface area contributed by atoms with E-state index in [9.17, 15) is 8.42 Å². The normalized spacial score (nSPS) is 17.3. The van der Waals surface area contributed by atoms with Gasteiger partial charge in [0.15, 0.2) is 21.3 Å². The van der Waals surface area contributed by atoms with E-state index >= 15 is 0 Å². The molecule has 0 bridgehead atoms. The molecule has 1 aliphatic heterocycles. The fraction of sp³-hybridized carbons (Fsp3) is 0.478. The van der Waals surface area contributed by atoms with Crippen molar-refractivity contribution >= 4 is 9.84 Å². The van der Waals surface area contributed by atoms with Gasteiger partial charge in [-0.25, -0.2) is 8.42 Å². The zero-order chi connectivity index (χ0) is 22.1. The van der Waals surface area contributed by atoms with Gasteiger partial charge in [0.1, 0.15) is 24.7 Å². The second kappa shape index (κ2) is 11.2. The van der Waals surface area contributed by atoms with Crippen molar-refractivity contribution in [2.75, 3.05) is 37.9 Å². The molecule has 0 aliphatic carbocycles. The lowest BCUT2D eigenvalue weighted by Crippen LogP contribution is -2.29. The molecule has 0 radical (unpaired) electrons. The summed E-state index contributed by atoms with van der Waals surface area (Å²) in [5, 5.41) is 3.32. The predicted molar refractivity (Wildman–Crippen MR) is 120 cm³/mol. The van der Waals surface area contributed by atoms with Gasteiger partial charge in [-0.2, -0.15) is 0 Å². The molecule has 2 aromatic rings. The Morgan fingerprint density at radius 1 is 0.871 bits per heavy atom. The lowest BCUT2D eigenvalue weighted by atomic mass is 10.1. The number of ether oxygens (including phenoxy) is 4. The summed E-state index contributed by atoms with van der Waals surface area (Å²) < 4.78 is 45.9. The van der Waals surface area contributed by atoms with Crippen molar-refractivity contribution in [2.24, 2.45) is 0 Å². The topological polar surface area (TPSA) is 83.1 Å². The number of hydrogen-bond acceptors (Lipinski definition) is 7. The van der Waals surface area contributed by atoms with Crippen LogP contribution in [-0.2, 0) is 16.4 Å². The molecule has 170 valence electrons. The molecule has 3 rings (SSSR count). The summed E-state index contributed by atoms with van der Waals surface area (Å²) in [6.07, 6.45) is 0.663. The molecule has 1 fully saturated rings. The molecule has 1 unspecified atom stereocenters. The van der Waals surface area contributed by atoms with Crippen molar-refractivity contribution in [3.05, 3.63) is 48.0 Å². The van der Waals surface area contributed by atoms with E-state index in [1.54, 1.807) is 0 Å². The highest BCUT2D eigenvalue weighted by molar-refractivity contribution is 7.91. The molecule has 1 atom stereocenters. The molecule has 0 saturated carbocycles. The van der Waals surface area contributed by atoms with E-state index in [1.807, 2.05) is 56.3 Å². The smallest absolute Gasteiger partial charge is 0.161 e. The predicted octanol–water partition coefficient (Wildman–Crippen LogP) is 3.22. The van der Waals surface area contributed by atoms with Crippen LogP contribution >= 0.6 is 0 Å². The van der Waals surface area contributed by atoms with Crippen molar-refractivity contribution in [2.45, 2.75) is 32.9 Å². The maximum Gasteiger partial charge on any atom is 0.161 e. The van der Waals surface area contributed by atoms with Crippen LogP contribution in [0.15, 0.2) is 42.5 Å². The van der Waals surface area contributed by atoms with Crippen molar-refractivity contribution in [1.29, 1.82) is 0 Å². The van der Waals surface area contributed by atoms with Gasteiger partial charge in [0.2, 0.25) is 0 Å². The van der Waals surface area contributed by atoms with E-state index in [-0.39, 0.29) is 17.5 Å². The lowest BCUT2D eigenvalue weighted by molar-refractivity contribution is 0.208. The average molecular weight is 450 g/mol. The summed E-state index contributed by atoms with van der Waals surface area (Å²) in [5.74, 6) is 3.37. The molecule has 0 spiro atoms. The highest BCUT2D eigenvalue weighted by Gasteiger charge is 2.27. The molecule has 0 aromatic heterocycles. The third-order valence-corrected chi connectivity index (χ3v) is 6.65. The maximum atomic E-state index is 11.6. The van der Waals surface area contributed by atoms with E-state index in [0.717, 1.165) is 17.1 Å². The summed E-state index contributed by atoms with van der Waals surface area (Å²) >= 11 is 0. The van der Waals surface area contributed by atoms with Crippen LogP contribution in [0.3, 0.4) is 0 Å². The summed E-state index contributed by atoms with van der Waals surface area (Å²) in [6.45, 7) is 6.40. The van der Waals surface area contributed by atoms with E-state index in [1.165, 1.54) is 0 Å². The molecular formula is C23H31NO6S. The molecule has 31 heavy (non-hydrogen) atoms. The summed E-state index contributed by atoms with van der Waals surface area (Å²) in [5.41, 5.74) is 1.02. The zero-order valence-electron chi connectivity index (χ0n) is 18.1. The number of sulfone groups is 1. The maximum absolute atomic E-state index is 11.6. The Kier molecular flexibility index (Phi) is 8.43. The zero-order valence-corrected chi connectivity index (χ0v) is 18.9. The molecule has 2 aromatic carbocycles. The Hall–Kier alpha value is -2.45. The Labute approximate surface area is 184 Å². The van der Waals surface area contributed by atoms with Crippen molar-refractivity contribution in [3.8, 4) is 23.0 Å². The Bertz CT molecular complexity index is 930. The summed E-state index contributed by atoms with van der Waals surface area (Å²) in [6, 6.07) is 13.3. The van der Waals surface area contributed by atoms with Gasteiger partial charge in [-0.15, -0.1) is 0 Å². The quantitative estimate of drug-likeness (QED) is 0.498. The van der Waals surface area contributed by atoms with Gasteiger partial charge in [0.05, 0.1) is 24.7 Å². The van der Waals surface area contributed by atoms with Crippen molar-refractivity contribution < 1.29 is 27.4 Å². The fourth-order valence-corrected chi connectivity index (χ4v) is 5.09. The van der Waals surface area contributed by atoms with E-state index in [4.69, 9.17) is 18.9 Å². The third-order valence-electron chi connectivity index (χ3n) is 4.88. The molecule has 1 aliphatic rings. The number of benzene rings is 2. The van der Waals surface area contributed by atoms with Gasteiger partial charge in [-0.05, 0) is 62.2 Å². The number of rotatable bonds is 12. The highest BCUT2D eigenvalue weighted by Crippen LogP contribution is 2.29. The van der Waals surface area contributed by atoms with E-state index < -0.39 is 9.84 Å². The van der Waals surface area contributed by atoms with E-state index in [0.29, 0.717) is 50.9 Å². The first kappa shape index (κ1) is 23.2. The third kappa shape index (κ3) is 7.33. The van der Waals surface area contributed by atoms with Crippen molar-refractivity contribution in [3.63, 3.8) is 0 Å². The minimum Gasteiger partial charge on any atom is -0.494 e. The van der Waals surface area contributed by atoms with Gasteiger partial charge >= 0.3 is 0 Å². The van der Waals surface area contributed by atoms with Gasteiger partial charge in [-0.3, -0.25) is 0 Å². The minimum absolute atomic E-state index is 0.0104. The largest absolute Gasteiger partial charge is 0.494 e. The van der Waals surface area contributed by atoms with Crippen LogP contribution in [-0.4, -0.2) is 52.4 Å². The van der Waals surface area contributed by atoms with Gasteiger partial charge in [0.25, 0.3) is 0 Å². The molecule has 1 heterocycles. The van der Waals surface area contributed by atoms with Gasteiger partial charge in [0, 0.05) is 12.6 Å². The Morgan fingerprint density at radius 2 is 1.55 bits per heavy atom. The molecule has 1 saturated heterocycles. The summed E-state index contributed by atoms with van der Waals surface area (Å²) in [7, 11) is -2.89. The molecule has 1 N–H and O–H groups in total. The van der Waals surface area contributed by atoms with Crippen LogP contribution in [0.4, 0.5) is 0 Å². The fourth-order valence-electron chi connectivity index (χ4n) is 3.38. The average Bonchev–Trinajstić information content (AvgIpc) is 3.11. The SMILES string of the molecule is CCOc1ccc(OCCOc2ccc(CNC3CCS(=O)(=O)C3)cc2OCC)cc1. The second-order valence-corrected chi connectivity index (χ2v) is 9.53. The Morgan fingerprint density at radius 3 is 2.19 bits per heavy atom. The molecular weight excluding hydrogens is 418 g/mol. The monoisotopic (exact) mass is 449 g/mol. The summed E-state index contributed by atoms with van der Waals surface area (Å²) in [4.78, 5) is 0. The standard InChI is InChI=1S/C23H31NO6S/c1-3-27-20-6-8-21(9-7-20)29-12-13-30-22-10-5-18(15-23(22)28-4-2)16-24-19-11-14-31(25,26)17-19/h5-10,15,19,24H,3-4,11-14,16-17H2,1-2H3. The second-order valence-electron chi connectivity index (χ2n) is 7.30. The van der Waals surface area contributed by atoms with E-state index in [2.05, 4.69) is 5.32 Å². The van der Waals surface area contributed by atoms with Crippen LogP contribution in [0.5, 0.6) is 23.0 Å². The first-order chi connectivity index (χ1) is 15.0. The van der Waals surface area contributed by atoms with Crippen LogP contribution in [0, 0.1) is 0 Å². The van der Waals surface area contributed by atoms with Crippen LogP contribution in [0.2, 0.25) is 0 Å². The molecule has 8 heteroatoms. The molecule has 0 amide bonds. The van der Waals surface area contributed by atoms with Crippen LogP contribution in [0.25, 0.3) is 0 Å². The first-order valence-corrected chi connectivity index (χ1v) is 12.5. The number of hydrogen-bond donors (Lipinski definition) is 1. The number of nitrogens with one attached hydrogen (secondary N) is 1. The van der Waals surface area contributed by atoms with Crippen LogP contribution < -0.4 is 24.3 Å². The van der Waals surface area contributed by atoms with Gasteiger partial charge < -0.3 is 24.3 Å². The molecule has 7 nitrogen and oxygen atoms in total. The van der Waals surface area contributed by atoms with Gasteiger partial charge in [-0.1, -0.05) is 6.07 Å². The van der Waals surface area contributed by atoms with Crippen molar-refractivity contribution in [1.82, 2.24) is 5.32 Å². The lowest BCUT2D eigenvalue weighted by Gasteiger charge is -2.15. The highest BCUT2D eigenvalue weighted by atomic mass is 32.2. The first-order valence-electron chi connectivity index (χ1n) is 10.7. The van der Waals surface area contributed by atoms with Crippen LogP contribution in [0.1, 0.15) is 25.8 Å². The Balaban J connectivity index is 1.48.